The summed E-state index contributed by atoms with van der Waals surface area (Å²) in [7, 11) is 1.45. The summed E-state index contributed by atoms with van der Waals surface area (Å²) in [6.45, 7) is 1.95. The van der Waals surface area contributed by atoms with E-state index in [0.29, 0.717) is 39.2 Å². The summed E-state index contributed by atoms with van der Waals surface area (Å²) in [5, 5.41) is 13.0. The highest BCUT2D eigenvalue weighted by Gasteiger charge is 2.70. The number of carbonyl (C=O) groups is 5. The average molecular weight is 758 g/mol. The lowest BCUT2D eigenvalue weighted by molar-refractivity contribution is -0.138. The Labute approximate surface area is 329 Å². The number of hydrogen-bond acceptors (Lipinski definition) is 8. The maximum absolute atomic E-state index is 15.4. The van der Waals surface area contributed by atoms with Crippen LogP contribution in [0.2, 0.25) is 0 Å². The molecular formula is C47H39N3O7. The van der Waals surface area contributed by atoms with Crippen LogP contribution in [0.25, 0.3) is 0 Å². The number of aryl methyl sites for hydroxylation is 1. The molecule has 2 heterocycles. The number of para-hydroxylation sites is 1. The molecule has 0 aromatic heterocycles. The quantitative estimate of drug-likeness (QED) is 0.0971. The molecule has 9 rings (SSSR count). The van der Waals surface area contributed by atoms with Crippen LogP contribution in [-0.4, -0.2) is 46.6 Å². The second kappa shape index (κ2) is 13.7. The largest absolute Gasteiger partial charge is 0.504 e. The smallest absolute Gasteiger partial charge is 0.260 e. The van der Waals surface area contributed by atoms with Gasteiger partial charge in [-0.1, -0.05) is 102 Å². The number of benzene rings is 5. The zero-order valence-electron chi connectivity index (χ0n) is 31.3. The second-order valence-corrected chi connectivity index (χ2v) is 15.2. The minimum atomic E-state index is -1.54. The van der Waals surface area contributed by atoms with Crippen molar-refractivity contribution in [3.63, 3.8) is 0 Å². The molecule has 10 heteroatoms. The van der Waals surface area contributed by atoms with E-state index in [1.165, 1.54) is 12.0 Å². The minimum absolute atomic E-state index is 0.108. The van der Waals surface area contributed by atoms with Gasteiger partial charge in [0, 0.05) is 22.6 Å². The highest BCUT2D eigenvalue weighted by Crippen LogP contribution is 2.65. The van der Waals surface area contributed by atoms with E-state index in [-0.39, 0.29) is 36.0 Å². The lowest BCUT2D eigenvalue weighted by Gasteiger charge is -2.50. The van der Waals surface area contributed by atoms with Crippen LogP contribution in [0.4, 0.5) is 11.4 Å². The van der Waals surface area contributed by atoms with Crippen LogP contribution in [0.5, 0.6) is 11.5 Å². The van der Waals surface area contributed by atoms with Crippen molar-refractivity contribution < 1.29 is 33.8 Å². The maximum atomic E-state index is 15.4. The fraction of sp³-hybridized carbons (Fsp3) is 0.213. The van der Waals surface area contributed by atoms with Crippen LogP contribution in [0.15, 0.2) is 139 Å². The van der Waals surface area contributed by atoms with E-state index in [9.17, 15) is 24.3 Å². The first-order valence-corrected chi connectivity index (χ1v) is 19.1. The minimum Gasteiger partial charge on any atom is -0.504 e. The Kier molecular flexibility index (Phi) is 8.64. The number of amides is 4. The summed E-state index contributed by atoms with van der Waals surface area (Å²) in [4.78, 5) is 73.7. The molecule has 57 heavy (non-hydrogen) atoms. The van der Waals surface area contributed by atoms with Crippen LogP contribution in [-0.2, 0) is 24.6 Å². The Balaban J connectivity index is 1.16. The SMILES string of the molecule is COc1cccc(C2C3=CCC4C(=O)N(c5ccc(C(=O)c6ccccc6)cc5)C(=O)C4C3CC3C(=O)N(Nc4ccc(C)cc4)C(=O)C32c2ccccc2)c1O. The second-order valence-electron chi connectivity index (χ2n) is 15.2. The molecule has 284 valence electrons. The molecule has 6 atom stereocenters. The van der Waals surface area contributed by atoms with Crippen molar-refractivity contribution in [2.75, 3.05) is 17.4 Å². The first kappa shape index (κ1) is 35.9. The van der Waals surface area contributed by atoms with E-state index >= 15 is 4.79 Å². The van der Waals surface area contributed by atoms with Crippen LogP contribution < -0.4 is 15.1 Å². The van der Waals surface area contributed by atoms with Crippen LogP contribution in [0.1, 0.15) is 51.4 Å². The molecule has 4 amide bonds. The van der Waals surface area contributed by atoms with Gasteiger partial charge in [-0.3, -0.25) is 34.3 Å². The Morgan fingerprint density at radius 1 is 0.754 bits per heavy atom. The van der Waals surface area contributed by atoms with Gasteiger partial charge in [0.05, 0.1) is 41.7 Å². The van der Waals surface area contributed by atoms with Crippen molar-refractivity contribution in [3.05, 3.63) is 167 Å². The molecule has 1 saturated carbocycles. The van der Waals surface area contributed by atoms with E-state index in [1.54, 1.807) is 78.9 Å². The summed E-state index contributed by atoms with van der Waals surface area (Å²) >= 11 is 0. The van der Waals surface area contributed by atoms with Crippen molar-refractivity contribution in [1.29, 1.82) is 0 Å². The number of phenolic OH excluding ortho intramolecular Hbond substituents is 1. The standard InChI is InChI=1S/C47H39N3O7/c1-27-16-20-31(21-17-27)48-50-44(54)37-26-36-33(40(35-14-9-15-38(57-2)42(35)52)47(37,46(50)56)30-12-7-4-8-13-30)24-25-34-39(36)45(55)49(43(34)53)32-22-18-29(19-23-32)41(51)28-10-5-3-6-11-28/h3-24,34,36-37,39-40,48,52H,25-26H2,1-2H3. The van der Waals surface area contributed by atoms with Gasteiger partial charge in [0.2, 0.25) is 11.8 Å². The fourth-order valence-corrected chi connectivity index (χ4v) is 9.80. The van der Waals surface area contributed by atoms with Gasteiger partial charge in [-0.05, 0) is 73.7 Å². The lowest BCUT2D eigenvalue weighted by Crippen LogP contribution is -2.53. The molecule has 6 unspecified atom stereocenters. The van der Waals surface area contributed by atoms with Crippen LogP contribution >= 0.6 is 0 Å². The molecule has 10 nitrogen and oxygen atoms in total. The highest BCUT2D eigenvalue weighted by atomic mass is 16.5. The summed E-state index contributed by atoms with van der Waals surface area (Å²) in [6, 6.07) is 36.9. The number of carbonyl (C=O) groups excluding carboxylic acids is 5. The van der Waals surface area contributed by atoms with Gasteiger partial charge in [-0.25, -0.2) is 0 Å². The Bertz CT molecular complexity index is 2480. The predicted molar refractivity (Wildman–Crippen MR) is 212 cm³/mol. The molecule has 4 aliphatic rings. The van der Waals surface area contributed by atoms with E-state index in [2.05, 4.69) is 5.43 Å². The molecular weight excluding hydrogens is 719 g/mol. The number of aromatic hydroxyl groups is 1. The van der Waals surface area contributed by atoms with Crippen molar-refractivity contribution in [2.24, 2.45) is 23.7 Å². The van der Waals surface area contributed by atoms with Crippen LogP contribution in [0.3, 0.4) is 0 Å². The number of hydrazine groups is 1. The van der Waals surface area contributed by atoms with E-state index in [4.69, 9.17) is 4.74 Å². The van der Waals surface area contributed by atoms with Crippen molar-refractivity contribution in [1.82, 2.24) is 5.01 Å². The molecule has 2 N–H and O–H groups in total. The lowest BCUT2D eigenvalue weighted by atomic mass is 9.49. The third-order valence-electron chi connectivity index (χ3n) is 12.4. The number of allylic oxidation sites excluding steroid dienone is 2. The summed E-state index contributed by atoms with van der Waals surface area (Å²) in [5.41, 5.74) is 6.09. The molecule has 5 aromatic rings. The fourth-order valence-electron chi connectivity index (χ4n) is 9.80. The van der Waals surface area contributed by atoms with E-state index < -0.39 is 52.7 Å². The number of ether oxygens (including phenoxy) is 1. The number of rotatable bonds is 8. The molecule has 0 bridgehead atoms. The van der Waals surface area contributed by atoms with E-state index in [0.717, 1.165) is 10.6 Å². The highest BCUT2D eigenvalue weighted by molar-refractivity contribution is 6.23. The van der Waals surface area contributed by atoms with Gasteiger partial charge in [-0.2, -0.15) is 5.01 Å². The molecule has 3 fully saturated rings. The number of fused-ring (bicyclic) bond motifs is 4. The Morgan fingerprint density at radius 2 is 1.42 bits per heavy atom. The van der Waals surface area contributed by atoms with Crippen molar-refractivity contribution in [3.8, 4) is 11.5 Å². The number of imide groups is 2. The molecule has 5 aromatic carbocycles. The number of nitrogens with zero attached hydrogens (tertiary/aromatic N) is 2. The molecule has 2 saturated heterocycles. The maximum Gasteiger partial charge on any atom is 0.260 e. The number of anilines is 2. The Hall–Kier alpha value is -6.81. The van der Waals surface area contributed by atoms with Gasteiger partial charge >= 0.3 is 0 Å². The molecule has 2 aliphatic heterocycles. The van der Waals surface area contributed by atoms with Crippen LogP contribution in [0, 0.1) is 30.6 Å². The zero-order valence-corrected chi connectivity index (χ0v) is 31.3. The summed E-state index contributed by atoms with van der Waals surface area (Å²) < 4.78 is 5.56. The van der Waals surface area contributed by atoms with Gasteiger partial charge in [-0.15, -0.1) is 0 Å². The van der Waals surface area contributed by atoms with Gasteiger partial charge < -0.3 is 9.84 Å². The number of methoxy groups -OCH3 is 1. The molecule has 2 aliphatic carbocycles. The number of ketones is 1. The topological polar surface area (TPSA) is 133 Å². The van der Waals surface area contributed by atoms with Gasteiger partial charge in [0.25, 0.3) is 11.8 Å². The third kappa shape index (κ3) is 5.42. The van der Waals surface area contributed by atoms with Crippen molar-refractivity contribution >= 4 is 40.8 Å². The van der Waals surface area contributed by atoms with Gasteiger partial charge in [0.1, 0.15) is 0 Å². The van der Waals surface area contributed by atoms with Gasteiger partial charge in [0.15, 0.2) is 17.3 Å². The number of nitrogens with one attached hydrogen (secondary N) is 1. The third-order valence-corrected chi connectivity index (χ3v) is 12.4. The first-order chi connectivity index (χ1) is 27.6. The number of phenols is 1. The molecule has 0 spiro atoms. The summed E-state index contributed by atoms with van der Waals surface area (Å²) in [6.07, 6.45) is 2.27. The first-order valence-electron chi connectivity index (χ1n) is 19.1. The monoisotopic (exact) mass is 757 g/mol. The molecule has 0 radical (unpaired) electrons. The number of hydrogen-bond donors (Lipinski definition) is 2. The Morgan fingerprint density at radius 3 is 2.11 bits per heavy atom. The van der Waals surface area contributed by atoms with E-state index in [1.807, 2.05) is 61.5 Å². The normalized spacial score (nSPS) is 25.1. The summed E-state index contributed by atoms with van der Waals surface area (Å²) in [5.74, 6) is -5.96. The predicted octanol–water partition coefficient (Wildman–Crippen LogP) is 7.13. The average Bonchev–Trinajstić information content (AvgIpc) is 3.62. The van der Waals surface area contributed by atoms with Crippen molar-refractivity contribution in [2.45, 2.75) is 31.1 Å². The zero-order chi connectivity index (χ0) is 39.6.